The molecule has 0 unspecified atom stereocenters. The summed E-state index contributed by atoms with van der Waals surface area (Å²) in [6, 6.07) is 0. The predicted molar refractivity (Wildman–Crippen MR) is 86.3 cm³/mol. The number of guanidine groups is 1. The second-order valence-electron chi connectivity index (χ2n) is 3.58. The van der Waals surface area contributed by atoms with Crippen LogP contribution in [0.4, 0.5) is 0 Å². The van der Waals surface area contributed by atoms with Gasteiger partial charge in [-0.3, -0.25) is 4.99 Å². The van der Waals surface area contributed by atoms with Crippen molar-refractivity contribution in [1.29, 1.82) is 0 Å². The molecule has 0 spiro atoms. The van der Waals surface area contributed by atoms with E-state index in [1.54, 1.807) is 7.05 Å². The molecular formula is C10H25IN4S. The smallest absolute Gasteiger partial charge is 0.191 e. The summed E-state index contributed by atoms with van der Waals surface area (Å²) in [5.74, 6) is 2.01. The van der Waals surface area contributed by atoms with E-state index in [0.29, 0.717) is 0 Å². The zero-order valence-corrected chi connectivity index (χ0v) is 13.9. The molecule has 0 bridgehead atoms. The Balaban J connectivity index is 0. The summed E-state index contributed by atoms with van der Waals surface area (Å²) in [6.07, 6.45) is 3.24. The molecule has 0 heterocycles. The first-order valence-electron chi connectivity index (χ1n) is 5.29. The minimum Gasteiger partial charge on any atom is -0.356 e. The summed E-state index contributed by atoms with van der Waals surface area (Å²) in [6.45, 7) is 3.04. The van der Waals surface area contributed by atoms with E-state index in [2.05, 4.69) is 40.9 Å². The third kappa shape index (κ3) is 12.4. The van der Waals surface area contributed by atoms with E-state index >= 15 is 0 Å². The van der Waals surface area contributed by atoms with Crippen LogP contribution in [0.1, 0.15) is 6.42 Å². The molecule has 0 radical (unpaired) electrons. The summed E-state index contributed by atoms with van der Waals surface area (Å²) >= 11 is 1.83. The van der Waals surface area contributed by atoms with Gasteiger partial charge in [0, 0.05) is 25.9 Å². The Morgan fingerprint density at radius 3 is 2.38 bits per heavy atom. The normalized spacial score (nSPS) is 11.2. The van der Waals surface area contributed by atoms with Crippen molar-refractivity contribution in [3.8, 4) is 0 Å². The van der Waals surface area contributed by atoms with Crippen molar-refractivity contribution < 1.29 is 0 Å². The van der Waals surface area contributed by atoms with Crippen molar-refractivity contribution in [1.82, 2.24) is 15.5 Å². The van der Waals surface area contributed by atoms with Crippen LogP contribution in [0.25, 0.3) is 0 Å². The molecule has 98 valence electrons. The highest BCUT2D eigenvalue weighted by molar-refractivity contribution is 14.0. The lowest BCUT2D eigenvalue weighted by molar-refractivity contribution is 0.399. The monoisotopic (exact) mass is 360 g/mol. The maximum absolute atomic E-state index is 4.15. The summed E-state index contributed by atoms with van der Waals surface area (Å²) in [4.78, 5) is 6.33. The van der Waals surface area contributed by atoms with Crippen LogP contribution < -0.4 is 10.6 Å². The van der Waals surface area contributed by atoms with Gasteiger partial charge in [0.2, 0.25) is 0 Å². The van der Waals surface area contributed by atoms with Gasteiger partial charge in [-0.2, -0.15) is 11.8 Å². The van der Waals surface area contributed by atoms with E-state index < -0.39 is 0 Å². The molecule has 0 aliphatic rings. The highest BCUT2D eigenvalue weighted by Gasteiger charge is 1.96. The van der Waals surface area contributed by atoms with Crippen LogP contribution in [0, 0.1) is 0 Å². The Morgan fingerprint density at radius 1 is 1.25 bits per heavy atom. The van der Waals surface area contributed by atoms with Crippen LogP contribution in [0.2, 0.25) is 0 Å². The van der Waals surface area contributed by atoms with Gasteiger partial charge >= 0.3 is 0 Å². The van der Waals surface area contributed by atoms with Crippen molar-refractivity contribution in [2.24, 2.45) is 4.99 Å². The number of halogens is 1. The van der Waals surface area contributed by atoms with Crippen LogP contribution >= 0.6 is 35.7 Å². The van der Waals surface area contributed by atoms with Crippen LogP contribution in [-0.2, 0) is 0 Å². The minimum atomic E-state index is 0. The number of rotatable bonds is 7. The SMILES string of the molecule is CN=C(NCCCN(C)C)NCCSC.I. The molecule has 0 saturated heterocycles. The van der Waals surface area contributed by atoms with Gasteiger partial charge in [0.25, 0.3) is 0 Å². The fourth-order valence-electron chi connectivity index (χ4n) is 1.09. The molecule has 0 aromatic rings. The van der Waals surface area contributed by atoms with Crippen LogP contribution in [0.3, 0.4) is 0 Å². The van der Waals surface area contributed by atoms with E-state index in [1.165, 1.54) is 0 Å². The van der Waals surface area contributed by atoms with Gasteiger partial charge in [0.15, 0.2) is 5.96 Å². The molecule has 0 aromatic heterocycles. The number of aliphatic imine (C=N–C) groups is 1. The summed E-state index contributed by atoms with van der Waals surface area (Å²) in [5.41, 5.74) is 0. The fraction of sp³-hybridized carbons (Fsp3) is 0.900. The van der Waals surface area contributed by atoms with Crippen molar-refractivity contribution in [3.05, 3.63) is 0 Å². The molecule has 2 N–H and O–H groups in total. The average molecular weight is 360 g/mol. The van der Waals surface area contributed by atoms with Crippen molar-refractivity contribution in [2.45, 2.75) is 6.42 Å². The van der Waals surface area contributed by atoms with E-state index in [0.717, 1.165) is 37.8 Å². The maximum Gasteiger partial charge on any atom is 0.191 e. The van der Waals surface area contributed by atoms with Crippen molar-refractivity contribution >= 4 is 41.7 Å². The van der Waals surface area contributed by atoms with Gasteiger partial charge in [0.05, 0.1) is 0 Å². The molecule has 0 aliphatic carbocycles. The largest absolute Gasteiger partial charge is 0.356 e. The van der Waals surface area contributed by atoms with Gasteiger partial charge in [-0.05, 0) is 33.3 Å². The van der Waals surface area contributed by atoms with Gasteiger partial charge in [-0.1, -0.05) is 0 Å². The molecule has 4 nitrogen and oxygen atoms in total. The zero-order chi connectivity index (χ0) is 11.5. The van der Waals surface area contributed by atoms with Crippen molar-refractivity contribution in [3.63, 3.8) is 0 Å². The van der Waals surface area contributed by atoms with Gasteiger partial charge in [-0.15, -0.1) is 24.0 Å². The maximum atomic E-state index is 4.15. The quantitative estimate of drug-likeness (QED) is 0.309. The fourth-order valence-corrected chi connectivity index (χ4v) is 1.40. The summed E-state index contributed by atoms with van der Waals surface area (Å²) in [7, 11) is 5.98. The van der Waals surface area contributed by atoms with Crippen LogP contribution in [0.5, 0.6) is 0 Å². The first-order chi connectivity index (χ1) is 7.20. The number of hydrogen-bond acceptors (Lipinski definition) is 3. The number of nitrogens with zero attached hydrogens (tertiary/aromatic N) is 2. The lowest BCUT2D eigenvalue weighted by atomic mass is 10.4. The van der Waals surface area contributed by atoms with Crippen LogP contribution in [-0.4, -0.2) is 63.6 Å². The van der Waals surface area contributed by atoms with E-state index in [-0.39, 0.29) is 24.0 Å². The van der Waals surface area contributed by atoms with E-state index in [1.807, 2.05) is 11.8 Å². The third-order valence-corrected chi connectivity index (χ3v) is 2.51. The standard InChI is InChI=1S/C10H24N4S.HI/c1-11-10(13-7-9-15-4)12-6-5-8-14(2)3;/h5-9H2,1-4H3,(H2,11,12,13);1H. The molecule has 0 aliphatic heterocycles. The lowest BCUT2D eigenvalue weighted by Crippen LogP contribution is -2.39. The minimum absolute atomic E-state index is 0. The highest BCUT2D eigenvalue weighted by atomic mass is 127. The zero-order valence-electron chi connectivity index (χ0n) is 10.7. The van der Waals surface area contributed by atoms with Gasteiger partial charge in [-0.25, -0.2) is 0 Å². The van der Waals surface area contributed by atoms with Gasteiger partial charge < -0.3 is 15.5 Å². The second-order valence-corrected chi connectivity index (χ2v) is 4.56. The van der Waals surface area contributed by atoms with Crippen molar-refractivity contribution in [2.75, 3.05) is 52.8 Å². The first-order valence-corrected chi connectivity index (χ1v) is 6.68. The Hall–Kier alpha value is 0.310. The summed E-state index contributed by atoms with van der Waals surface area (Å²) in [5, 5.41) is 6.55. The molecular weight excluding hydrogens is 335 g/mol. The molecule has 0 saturated carbocycles. The lowest BCUT2D eigenvalue weighted by Gasteiger charge is -2.13. The predicted octanol–water partition coefficient (Wildman–Crippen LogP) is 1.08. The average Bonchev–Trinajstić information content (AvgIpc) is 2.21. The number of nitrogens with one attached hydrogen (secondary N) is 2. The molecule has 16 heavy (non-hydrogen) atoms. The Bertz CT molecular complexity index is 176. The molecule has 0 amide bonds. The van der Waals surface area contributed by atoms with E-state index in [9.17, 15) is 0 Å². The molecule has 0 atom stereocenters. The number of thioether (sulfide) groups is 1. The van der Waals surface area contributed by atoms with Crippen LogP contribution in [0.15, 0.2) is 4.99 Å². The summed E-state index contributed by atoms with van der Waals surface area (Å²) < 4.78 is 0. The molecule has 6 heteroatoms. The molecule has 0 rings (SSSR count). The Labute approximate surface area is 121 Å². The third-order valence-electron chi connectivity index (χ3n) is 1.90. The Morgan fingerprint density at radius 2 is 1.88 bits per heavy atom. The molecule has 0 aromatic carbocycles. The second kappa shape index (κ2) is 13.4. The topological polar surface area (TPSA) is 39.7 Å². The van der Waals surface area contributed by atoms with Gasteiger partial charge in [0.1, 0.15) is 0 Å². The number of hydrogen-bond donors (Lipinski definition) is 2. The highest BCUT2D eigenvalue weighted by Crippen LogP contribution is 1.87. The molecule has 0 fully saturated rings. The first kappa shape index (κ1) is 18.7. The Kier molecular flexibility index (Phi) is 15.6. The van der Waals surface area contributed by atoms with E-state index in [4.69, 9.17) is 0 Å².